The lowest BCUT2D eigenvalue weighted by Gasteiger charge is -2.22. The van der Waals surface area contributed by atoms with Gasteiger partial charge in [-0.3, -0.25) is 19.8 Å². The summed E-state index contributed by atoms with van der Waals surface area (Å²) < 4.78 is 27.4. The molecule has 0 spiro atoms. The summed E-state index contributed by atoms with van der Waals surface area (Å²) in [5.74, 6) is -3.51. The quantitative estimate of drug-likeness (QED) is 0.687. The van der Waals surface area contributed by atoms with Crippen molar-refractivity contribution in [2.45, 2.75) is 19.4 Å². The van der Waals surface area contributed by atoms with E-state index in [-0.39, 0.29) is 12.1 Å². The van der Waals surface area contributed by atoms with E-state index in [9.17, 15) is 28.0 Å². The van der Waals surface area contributed by atoms with Gasteiger partial charge in [-0.2, -0.15) is 0 Å². The smallest absolute Gasteiger partial charge is 0.325 e. The Morgan fingerprint density at radius 3 is 2.60 bits per heavy atom. The van der Waals surface area contributed by atoms with Crippen LogP contribution >= 0.6 is 0 Å². The number of hydrogen-bond donors (Lipinski definition) is 3. The SMILES string of the molecule is CCNC(=O)NC(=O)CN1C(=O)N[C@](C)(c2cc(F)ccc2F)C1=O. The summed E-state index contributed by atoms with van der Waals surface area (Å²) in [7, 11) is 0. The predicted octanol–water partition coefficient (Wildman–Crippen LogP) is 0.577. The van der Waals surface area contributed by atoms with E-state index in [0.717, 1.165) is 18.2 Å². The molecule has 25 heavy (non-hydrogen) atoms. The molecule has 134 valence electrons. The predicted molar refractivity (Wildman–Crippen MR) is 81.2 cm³/mol. The molecule has 0 radical (unpaired) electrons. The molecule has 1 saturated heterocycles. The first kappa shape index (κ1) is 18.3. The Balaban J connectivity index is 2.20. The zero-order valence-corrected chi connectivity index (χ0v) is 13.5. The average molecular weight is 354 g/mol. The number of halogens is 2. The van der Waals surface area contributed by atoms with Crippen LogP contribution in [0.2, 0.25) is 0 Å². The molecule has 0 aliphatic carbocycles. The first-order valence-electron chi connectivity index (χ1n) is 7.36. The number of rotatable bonds is 4. The highest BCUT2D eigenvalue weighted by molar-refractivity contribution is 6.10. The van der Waals surface area contributed by atoms with Crippen LogP contribution in [0.5, 0.6) is 0 Å². The van der Waals surface area contributed by atoms with E-state index >= 15 is 0 Å². The second-order valence-electron chi connectivity index (χ2n) is 5.48. The molecular weight excluding hydrogens is 338 g/mol. The van der Waals surface area contributed by atoms with Gasteiger partial charge in [-0.15, -0.1) is 0 Å². The minimum Gasteiger partial charge on any atom is -0.338 e. The van der Waals surface area contributed by atoms with Crippen molar-refractivity contribution in [3.63, 3.8) is 0 Å². The van der Waals surface area contributed by atoms with Gasteiger partial charge >= 0.3 is 12.1 Å². The minimum absolute atomic E-state index is 0.277. The summed E-state index contributed by atoms with van der Waals surface area (Å²) in [5.41, 5.74) is -2.23. The molecule has 1 fully saturated rings. The zero-order chi connectivity index (χ0) is 18.8. The van der Waals surface area contributed by atoms with Crippen molar-refractivity contribution >= 4 is 23.9 Å². The maximum atomic E-state index is 14.0. The first-order chi connectivity index (χ1) is 11.7. The molecule has 0 bridgehead atoms. The lowest BCUT2D eigenvalue weighted by molar-refractivity contribution is -0.134. The van der Waals surface area contributed by atoms with Crippen LogP contribution in [0.1, 0.15) is 19.4 Å². The molecule has 2 rings (SSSR count). The maximum absolute atomic E-state index is 14.0. The topological polar surface area (TPSA) is 108 Å². The highest BCUT2D eigenvalue weighted by atomic mass is 19.1. The van der Waals surface area contributed by atoms with Gasteiger partial charge in [0.1, 0.15) is 23.7 Å². The fraction of sp³-hybridized carbons (Fsp3) is 0.333. The summed E-state index contributed by atoms with van der Waals surface area (Å²) in [6.07, 6.45) is 0. The Labute approximate surface area is 141 Å². The van der Waals surface area contributed by atoms with E-state index < -0.39 is 47.6 Å². The van der Waals surface area contributed by atoms with Crippen molar-refractivity contribution in [1.82, 2.24) is 20.9 Å². The van der Waals surface area contributed by atoms with Gasteiger partial charge < -0.3 is 10.6 Å². The van der Waals surface area contributed by atoms with E-state index in [2.05, 4.69) is 10.6 Å². The third-order valence-corrected chi connectivity index (χ3v) is 3.63. The first-order valence-corrected chi connectivity index (χ1v) is 7.36. The number of benzene rings is 1. The highest BCUT2D eigenvalue weighted by Crippen LogP contribution is 2.31. The number of nitrogens with zero attached hydrogens (tertiary/aromatic N) is 1. The molecular formula is C15H16F2N4O4. The molecule has 1 heterocycles. The largest absolute Gasteiger partial charge is 0.338 e. The van der Waals surface area contributed by atoms with Crippen LogP contribution in [0.25, 0.3) is 0 Å². The van der Waals surface area contributed by atoms with Crippen LogP contribution in [0.4, 0.5) is 18.4 Å². The van der Waals surface area contributed by atoms with E-state index in [1.165, 1.54) is 6.92 Å². The Morgan fingerprint density at radius 1 is 1.28 bits per heavy atom. The zero-order valence-electron chi connectivity index (χ0n) is 13.5. The van der Waals surface area contributed by atoms with Crippen LogP contribution in [-0.2, 0) is 15.1 Å². The number of carbonyl (C=O) groups excluding carboxylic acids is 4. The summed E-state index contributed by atoms with van der Waals surface area (Å²) in [6, 6.07) is 0.771. The van der Waals surface area contributed by atoms with Crippen LogP contribution in [0, 0.1) is 11.6 Å². The van der Waals surface area contributed by atoms with Crippen LogP contribution in [0.3, 0.4) is 0 Å². The second-order valence-corrected chi connectivity index (χ2v) is 5.48. The van der Waals surface area contributed by atoms with Crippen LogP contribution in [-0.4, -0.2) is 41.9 Å². The molecule has 8 nitrogen and oxygen atoms in total. The van der Waals surface area contributed by atoms with Gasteiger partial charge in [-0.1, -0.05) is 0 Å². The van der Waals surface area contributed by atoms with Gasteiger partial charge in [0.25, 0.3) is 5.91 Å². The third-order valence-electron chi connectivity index (χ3n) is 3.63. The van der Waals surface area contributed by atoms with Gasteiger partial charge in [-0.05, 0) is 32.0 Å². The molecule has 0 unspecified atom stereocenters. The fourth-order valence-corrected chi connectivity index (χ4v) is 2.42. The van der Waals surface area contributed by atoms with Crippen LogP contribution in [0.15, 0.2) is 18.2 Å². The third kappa shape index (κ3) is 3.57. The van der Waals surface area contributed by atoms with E-state index in [1.54, 1.807) is 6.92 Å². The number of urea groups is 2. The number of amides is 6. The van der Waals surface area contributed by atoms with Crippen molar-refractivity contribution < 1.29 is 28.0 Å². The Morgan fingerprint density at radius 2 is 1.96 bits per heavy atom. The standard InChI is InChI=1S/C15H16F2N4O4/c1-3-18-13(24)19-11(22)7-21-12(23)15(2,20-14(21)25)9-6-8(16)4-5-10(9)17/h4-6H,3,7H2,1-2H3,(H,20,25)(H2,18,19,22,24)/t15-/m1/s1. The summed E-state index contributed by atoms with van der Waals surface area (Å²) in [5, 5.41) is 6.50. The molecule has 3 N–H and O–H groups in total. The number of hydrogen-bond acceptors (Lipinski definition) is 4. The molecule has 1 aromatic carbocycles. The Hall–Kier alpha value is -3.04. The van der Waals surface area contributed by atoms with Gasteiger partial charge in [0.15, 0.2) is 0 Å². The summed E-state index contributed by atoms with van der Waals surface area (Å²) in [4.78, 5) is 48.1. The van der Waals surface area contributed by atoms with E-state index in [0.29, 0.717) is 4.90 Å². The Bertz CT molecular complexity index is 755. The molecule has 1 aromatic rings. The van der Waals surface area contributed by atoms with Gasteiger partial charge in [0.05, 0.1) is 0 Å². The van der Waals surface area contributed by atoms with Crippen molar-refractivity contribution in [1.29, 1.82) is 0 Å². The van der Waals surface area contributed by atoms with Gasteiger partial charge in [-0.25, -0.2) is 18.4 Å². The summed E-state index contributed by atoms with van der Waals surface area (Å²) in [6.45, 7) is 2.38. The van der Waals surface area contributed by atoms with Crippen molar-refractivity contribution in [3.05, 3.63) is 35.4 Å². The van der Waals surface area contributed by atoms with Gasteiger partial charge in [0, 0.05) is 12.1 Å². The average Bonchev–Trinajstić information content (AvgIpc) is 2.74. The molecule has 6 amide bonds. The second kappa shape index (κ2) is 6.83. The van der Waals surface area contributed by atoms with Crippen LogP contribution < -0.4 is 16.0 Å². The molecule has 1 atom stereocenters. The molecule has 10 heteroatoms. The van der Waals surface area contributed by atoms with Gasteiger partial charge in [0.2, 0.25) is 5.91 Å². The number of imide groups is 2. The van der Waals surface area contributed by atoms with E-state index in [1.807, 2.05) is 5.32 Å². The molecule has 1 aliphatic heterocycles. The Kier molecular flexibility index (Phi) is 5.00. The maximum Gasteiger partial charge on any atom is 0.325 e. The lowest BCUT2D eigenvalue weighted by Crippen LogP contribution is -2.47. The molecule has 0 aromatic heterocycles. The van der Waals surface area contributed by atoms with E-state index in [4.69, 9.17) is 0 Å². The molecule has 0 saturated carbocycles. The lowest BCUT2D eigenvalue weighted by atomic mass is 9.91. The highest BCUT2D eigenvalue weighted by Gasteiger charge is 2.50. The van der Waals surface area contributed by atoms with Crippen molar-refractivity contribution in [2.24, 2.45) is 0 Å². The fourth-order valence-electron chi connectivity index (χ4n) is 2.42. The molecule has 1 aliphatic rings. The van der Waals surface area contributed by atoms with Crippen molar-refractivity contribution in [3.8, 4) is 0 Å². The minimum atomic E-state index is -1.87. The normalized spacial score (nSPS) is 19.6. The number of nitrogens with one attached hydrogen (secondary N) is 3. The summed E-state index contributed by atoms with van der Waals surface area (Å²) >= 11 is 0. The number of carbonyl (C=O) groups is 4. The van der Waals surface area contributed by atoms with Crippen molar-refractivity contribution in [2.75, 3.05) is 13.1 Å². The monoisotopic (exact) mass is 354 g/mol.